The quantitative estimate of drug-likeness (QED) is 0.864. The van der Waals surface area contributed by atoms with Crippen LogP contribution >= 0.6 is 11.6 Å². The number of halogens is 2. The van der Waals surface area contributed by atoms with Crippen molar-refractivity contribution < 1.29 is 4.39 Å². The highest BCUT2D eigenvalue weighted by atomic mass is 35.5. The fourth-order valence-corrected chi connectivity index (χ4v) is 2.20. The van der Waals surface area contributed by atoms with Crippen molar-refractivity contribution >= 4 is 11.6 Å². The lowest BCUT2D eigenvalue weighted by atomic mass is 10.1. The topological polar surface area (TPSA) is 12.0 Å². The van der Waals surface area contributed by atoms with Gasteiger partial charge in [-0.3, -0.25) is 0 Å². The zero-order chi connectivity index (χ0) is 13.7. The van der Waals surface area contributed by atoms with E-state index in [1.807, 2.05) is 24.3 Å². The lowest BCUT2D eigenvalue weighted by Crippen LogP contribution is -2.27. The fourth-order valence-electron chi connectivity index (χ4n) is 2.01. The molecule has 0 saturated carbocycles. The van der Waals surface area contributed by atoms with Gasteiger partial charge >= 0.3 is 0 Å². The summed E-state index contributed by atoms with van der Waals surface area (Å²) in [5.41, 5.74) is 2.08. The van der Waals surface area contributed by atoms with Crippen molar-refractivity contribution in [1.29, 1.82) is 0 Å². The molecule has 3 heteroatoms. The van der Waals surface area contributed by atoms with Crippen molar-refractivity contribution in [3.8, 4) is 0 Å². The highest BCUT2D eigenvalue weighted by Gasteiger charge is 2.07. The van der Waals surface area contributed by atoms with Gasteiger partial charge in [0.2, 0.25) is 0 Å². The minimum absolute atomic E-state index is 0.210. The van der Waals surface area contributed by atoms with Crippen LogP contribution in [0.4, 0.5) is 4.39 Å². The molecule has 0 radical (unpaired) electrons. The average Bonchev–Trinajstić information content (AvgIpc) is 2.42. The first-order valence-electron chi connectivity index (χ1n) is 6.37. The monoisotopic (exact) mass is 277 g/mol. The van der Waals surface area contributed by atoms with Gasteiger partial charge in [-0.05, 0) is 30.5 Å². The lowest BCUT2D eigenvalue weighted by Gasteiger charge is -2.14. The molecule has 0 aromatic heterocycles. The van der Waals surface area contributed by atoms with Gasteiger partial charge in [-0.1, -0.05) is 54.1 Å². The Balaban J connectivity index is 1.90. The smallest absolute Gasteiger partial charge is 0.142 e. The van der Waals surface area contributed by atoms with E-state index < -0.39 is 0 Å². The second-order valence-corrected chi connectivity index (χ2v) is 5.06. The Hall–Kier alpha value is -1.38. The summed E-state index contributed by atoms with van der Waals surface area (Å²) in [5.74, 6) is -0.364. The van der Waals surface area contributed by atoms with E-state index in [1.54, 1.807) is 6.07 Å². The molecule has 1 N–H and O–H groups in total. The third kappa shape index (κ3) is 4.05. The van der Waals surface area contributed by atoms with Crippen LogP contribution in [0.1, 0.15) is 18.1 Å². The summed E-state index contributed by atoms with van der Waals surface area (Å²) in [5, 5.41) is 3.57. The molecule has 0 saturated heterocycles. The Labute approximate surface area is 118 Å². The first kappa shape index (κ1) is 14.0. The van der Waals surface area contributed by atoms with E-state index in [-0.39, 0.29) is 10.8 Å². The molecule has 1 atom stereocenters. The summed E-state index contributed by atoms with van der Waals surface area (Å²) in [7, 11) is 0. The van der Waals surface area contributed by atoms with E-state index in [0.29, 0.717) is 12.6 Å². The van der Waals surface area contributed by atoms with Crippen LogP contribution in [-0.2, 0) is 13.0 Å². The molecule has 0 bridgehead atoms. The van der Waals surface area contributed by atoms with Crippen molar-refractivity contribution in [1.82, 2.24) is 5.32 Å². The third-order valence-corrected chi connectivity index (χ3v) is 3.48. The Bertz CT molecular complexity index is 528. The van der Waals surface area contributed by atoms with Gasteiger partial charge in [-0.25, -0.2) is 4.39 Å². The van der Waals surface area contributed by atoms with E-state index in [4.69, 9.17) is 11.6 Å². The minimum Gasteiger partial charge on any atom is -0.310 e. The van der Waals surface area contributed by atoms with Crippen LogP contribution in [0.3, 0.4) is 0 Å². The van der Waals surface area contributed by atoms with Crippen LogP contribution in [0.5, 0.6) is 0 Å². The molecule has 0 aliphatic rings. The first-order chi connectivity index (χ1) is 9.16. The molecular weight excluding hydrogens is 261 g/mol. The van der Waals surface area contributed by atoms with Gasteiger partial charge in [-0.2, -0.15) is 0 Å². The van der Waals surface area contributed by atoms with E-state index in [2.05, 4.69) is 24.4 Å². The van der Waals surface area contributed by atoms with Gasteiger partial charge in [0.25, 0.3) is 0 Å². The van der Waals surface area contributed by atoms with E-state index in [1.165, 1.54) is 11.6 Å². The predicted octanol–water partition coefficient (Wildman–Crippen LogP) is 4.20. The molecule has 0 heterocycles. The summed E-state index contributed by atoms with van der Waals surface area (Å²) in [6, 6.07) is 15.5. The maximum Gasteiger partial charge on any atom is 0.142 e. The van der Waals surface area contributed by atoms with Gasteiger partial charge in [0.15, 0.2) is 0 Å². The molecular formula is C16H17ClFN. The van der Waals surface area contributed by atoms with Crippen LogP contribution in [0, 0.1) is 5.82 Å². The Morgan fingerprint density at radius 1 is 1.11 bits per heavy atom. The number of hydrogen-bond acceptors (Lipinski definition) is 1. The van der Waals surface area contributed by atoms with Gasteiger partial charge < -0.3 is 5.32 Å². The van der Waals surface area contributed by atoms with Crippen molar-refractivity contribution in [2.24, 2.45) is 0 Å². The normalized spacial score (nSPS) is 12.4. The van der Waals surface area contributed by atoms with Gasteiger partial charge in [0.1, 0.15) is 5.82 Å². The Kier molecular flexibility index (Phi) is 4.94. The second kappa shape index (κ2) is 6.69. The number of benzene rings is 2. The summed E-state index contributed by atoms with van der Waals surface area (Å²) < 4.78 is 13.3. The van der Waals surface area contributed by atoms with Crippen LogP contribution in [0.25, 0.3) is 0 Å². The van der Waals surface area contributed by atoms with Crippen molar-refractivity contribution in [3.63, 3.8) is 0 Å². The molecule has 1 nitrogen and oxygen atoms in total. The molecule has 2 aromatic rings. The lowest BCUT2D eigenvalue weighted by molar-refractivity contribution is 0.542. The summed E-state index contributed by atoms with van der Waals surface area (Å²) >= 11 is 5.92. The van der Waals surface area contributed by atoms with Gasteiger partial charge in [0, 0.05) is 12.6 Å². The molecule has 0 fully saturated rings. The molecule has 100 valence electrons. The molecule has 0 amide bonds. The predicted molar refractivity (Wildman–Crippen MR) is 77.9 cm³/mol. The number of nitrogens with one attached hydrogen (secondary N) is 1. The molecule has 19 heavy (non-hydrogen) atoms. The van der Waals surface area contributed by atoms with Crippen molar-refractivity contribution in [3.05, 3.63) is 70.5 Å². The zero-order valence-electron chi connectivity index (χ0n) is 10.9. The van der Waals surface area contributed by atoms with Gasteiger partial charge in [0.05, 0.1) is 5.02 Å². The molecule has 0 spiro atoms. The van der Waals surface area contributed by atoms with Crippen LogP contribution in [0.2, 0.25) is 5.02 Å². The highest BCUT2D eigenvalue weighted by Crippen LogP contribution is 2.19. The first-order valence-corrected chi connectivity index (χ1v) is 6.75. The second-order valence-electron chi connectivity index (χ2n) is 4.68. The van der Waals surface area contributed by atoms with Crippen LogP contribution < -0.4 is 5.32 Å². The maximum atomic E-state index is 13.3. The van der Waals surface area contributed by atoms with E-state index in [9.17, 15) is 4.39 Å². The SMILES string of the molecule is CC(Cc1ccccc1)NCc1cccc(F)c1Cl. The Morgan fingerprint density at radius 3 is 2.58 bits per heavy atom. The summed E-state index contributed by atoms with van der Waals surface area (Å²) in [6.07, 6.45) is 0.938. The largest absolute Gasteiger partial charge is 0.310 e. The molecule has 0 aliphatic heterocycles. The average molecular weight is 278 g/mol. The van der Waals surface area contributed by atoms with E-state index in [0.717, 1.165) is 12.0 Å². The molecule has 1 unspecified atom stereocenters. The zero-order valence-corrected chi connectivity index (χ0v) is 11.6. The van der Waals surface area contributed by atoms with Crippen LogP contribution in [-0.4, -0.2) is 6.04 Å². The molecule has 2 rings (SSSR count). The number of rotatable bonds is 5. The van der Waals surface area contributed by atoms with E-state index >= 15 is 0 Å². The standard InChI is InChI=1S/C16H17ClFN/c1-12(10-13-6-3-2-4-7-13)19-11-14-8-5-9-15(18)16(14)17/h2-9,12,19H,10-11H2,1H3. The maximum absolute atomic E-state index is 13.3. The molecule has 2 aromatic carbocycles. The molecule has 0 aliphatic carbocycles. The Morgan fingerprint density at radius 2 is 1.84 bits per heavy atom. The third-order valence-electron chi connectivity index (χ3n) is 3.06. The van der Waals surface area contributed by atoms with Gasteiger partial charge in [-0.15, -0.1) is 0 Å². The van der Waals surface area contributed by atoms with Crippen LogP contribution in [0.15, 0.2) is 48.5 Å². The number of hydrogen-bond donors (Lipinski definition) is 1. The van der Waals surface area contributed by atoms with Crippen molar-refractivity contribution in [2.75, 3.05) is 0 Å². The van der Waals surface area contributed by atoms with Crippen molar-refractivity contribution in [2.45, 2.75) is 25.9 Å². The highest BCUT2D eigenvalue weighted by molar-refractivity contribution is 6.31. The summed E-state index contributed by atoms with van der Waals surface area (Å²) in [6.45, 7) is 2.69. The fraction of sp³-hybridized carbons (Fsp3) is 0.250. The summed E-state index contributed by atoms with van der Waals surface area (Å²) in [4.78, 5) is 0. The minimum atomic E-state index is -0.364.